The fraction of sp³-hybridized carbons (Fsp3) is 0.214. The molecule has 0 aliphatic carbocycles. The molecule has 1 amide bonds. The van der Waals surface area contributed by atoms with E-state index in [9.17, 15) is 4.79 Å². The third-order valence-corrected chi connectivity index (χ3v) is 3.51. The first-order valence-corrected chi connectivity index (χ1v) is 6.91. The van der Waals surface area contributed by atoms with Crippen LogP contribution in [0.1, 0.15) is 15.4 Å². The second kappa shape index (κ2) is 6.68. The summed E-state index contributed by atoms with van der Waals surface area (Å²) in [6, 6.07) is 9.02. The van der Waals surface area contributed by atoms with Gasteiger partial charge in [0.05, 0.1) is 29.7 Å². The molecule has 2 aromatic rings. The molecule has 0 aliphatic rings. The van der Waals surface area contributed by atoms with Crippen LogP contribution in [0.25, 0.3) is 0 Å². The Morgan fingerprint density at radius 2 is 2.15 bits per heavy atom. The number of thiazole rings is 1. The third kappa shape index (κ3) is 4.07. The summed E-state index contributed by atoms with van der Waals surface area (Å²) in [5.74, 6) is -0.0830. The van der Waals surface area contributed by atoms with Crippen molar-refractivity contribution in [2.75, 3.05) is 11.9 Å². The van der Waals surface area contributed by atoms with Crippen LogP contribution < -0.4 is 10.6 Å². The molecule has 2 N–H and O–H groups in total. The van der Waals surface area contributed by atoms with E-state index in [1.54, 1.807) is 41.8 Å². The van der Waals surface area contributed by atoms with E-state index in [1.165, 1.54) is 0 Å². The van der Waals surface area contributed by atoms with Crippen LogP contribution in [0.5, 0.6) is 0 Å². The number of aryl methyl sites for hydroxylation is 1. The standard InChI is InChI=1S/C14H14N4OS/c1-10-16-7-13(20-10)8-18-14(19)9-17-12-4-2-11(6-15)3-5-12/h2-5,7,17H,8-9H2,1H3,(H,18,19). The third-order valence-electron chi connectivity index (χ3n) is 2.60. The van der Waals surface area contributed by atoms with Crippen LogP contribution in [0.4, 0.5) is 5.69 Å². The highest BCUT2D eigenvalue weighted by Crippen LogP contribution is 2.11. The number of hydrogen-bond donors (Lipinski definition) is 2. The average Bonchev–Trinajstić information content (AvgIpc) is 2.89. The van der Waals surface area contributed by atoms with Crippen molar-refractivity contribution in [3.8, 4) is 6.07 Å². The Kier molecular flexibility index (Phi) is 4.69. The number of carbonyl (C=O) groups is 1. The van der Waals surface area contributed by atoms with E-state index in [1.807, 2.05) is 13.0 Å². The molecule has 20 heavy (non-hydrogen) atoms. The normalized spacial score (nSPS) is 9.80. The van der Waals surface area contributed by atoms with Gasteiger partial charge in [-0.2, -0.15) is 5.26 Å². The van der Waals surface area contributed by atoms with Gasteiger partial charge in [0.1, 0.15) is 0 Å². The van der Waals surface area contributed by atoms with Gasteiger partial charge in [-0.1, -0.05) is 0 Å². The number of amides is 1. The summed E-state index contributed by atoms with van der Waals surface area (Å²) < 4.78 is 0. The van der Waals surface area contributed by atoms with Gasteiger partial charge in [-0.05, 0) is 31.2 Å². The van der Waals surface area contributed by atoms with E-state index in [0.29, 0.717) is 12.1 Å². The van der Waals surface area contributed by atoms with Crippen molar-refractivity contribution in [2.45, 2.75) is 13.5 Å². The van der Waals surface area contributed by atoms with Crippen molar-refractivity contribution in [1.29, 1.82) is 5.26 Å². The predicted molar refractivity (Wildman–Crippen MR) is 78.3 cm³/mol. The Bertz CT molecular complexity index is 627. The first kappa shape index (κ1) is 14.0. The zero-order valence-electron chi connectivity index (χ0n) is 11.0. The van der Waals surface area contributed by atoms with Crippen LogP contribution in [-0.2, 0) is 11.3 Å². The molecular weight excluding hydrogens is 272 g/mol. The lowest BCUT2D eigenvalue weighted by atomic mass is 10.2. The predicted octanol–water partition coefficient (Wildman–Crippen LogP) is 2.05. The molecule has 1 aromatic heterocycles. The van der Waals surface area contributed by atoms with Crippen LogP contribution in [0.15, 0.2) is 30.5 Å². The topological polar surface area (TPSA) is 77.8 Å². The van der Waals surface area contributed by atoms with Crippen molar-refractivity contribution >= 4 is 22.9 Å². The fourth-order valence-electron chi connectivity index (χ4n) is 1.58. The highest BCUT2D eigenvalue weighted by atomic mass is 32.1. The smallest absolute Gasteiger partial charge is 0.239 e. The quantitative estimate of drug-likeness (QED) is 0.882. The number of nitrogens with one attached hydrogen (secondary N) is 2. The molecule has 6 heteroatoms. The summed E-state index contributed by atoms with van der Waals surface area (Å²) in [4.78, 5) is 16.8. The summed E-state index contributed by atoms with van der Waals surface area (Å²) in [6.45, 7) is 2.63. The van der Waals surface area contributed by atoms with Gasteiger partial charge in [-0.15, -0.1) is 11.3 Å². The molecule has 102 valence electrons. The zero-order chi connectivity index (χ0) is 14.4. The number of benzene rings is 1. The molecule has 0 unspecified atom stereocenters. The highest BCUT2D eigenvalue weighted by Gasteiger charge is 2.03. The van der Waals surface area contributed by atoms with Crippen LogP contribution in [0.2, 0.25) is 0 Å². The van der Waals surface area contributed by atoms with Crippen molar-refractivity contribution in [2.24, 2.45) is 0 Å². The maximum atomic E-state index is 11.7. The largest absolute Gasteiger partial charge is 0.376 e. The Labute approximate surface area is 121 Å². The van der Waals surface area contributed by atoms with Gasteiger partial charge >= 0.3 is 0 Å². The zero-order valence-corrected chi connectivity index (χ0v) is 11.8. The summed E-state index contributed by atoms with van der Waals surface area (Å²) in [5, 5.41) is 15.5. The van der Waals surface area contributed by atoms with Crippen molar-refractivity contribution in [3.63, 3.8) is 0 Å². The summed E-state index contributed by atoms with van der Waals surface area (Å²) in [5.41, 5.74) is 1.41. The lowest BCUT2D eigenvalue weighted by molar-refractivity contribution is -0.119. The molecule has 0 spiro atoms. The number of rotatable bonds is 5. The van der Waals surface area contributed by atoms with E-state index >= 15 is 0 Å². The lowest BCUT2D eigenvalue weighted by Crippen LogP contribution is -2.29. The first-order chi connectivity index (χ1) is 9.67. The number of aromatic nitrogens is 1. The molecule has 1 aromatic carbocycles. The van der Waals surface area contributed by atoms with E-state index in [-0.39, 0.29) is 12.5 Å². The van der Waals surface area contributed by atoms with Gasteiger partial charge in [0.25, 0.3) is 0 Å². The minimum absolute atomic E-state index is 0.0830. The van der Waals surface area contributed by atoms with Gasteiger partial charge in [-0.3, -0.25) is 4.79 Å². The first-order valence-electron chi connectivity index (χ1n) is 6.09. The van der Waals surface area contributed by atoms with Crippen LogP contribution >= 0.6 is 11.3 Å². The Balaban J connectivity index is 1.75. The summed E-state index contributed by atoms with van der Waals surface area (Å²) >= 11 is 1.57. The molecule has 2 rings (SSSR count). The number of hydrogen-bond acceptors (Lipinski definition) is 5. The maximum Gasteiger partial charge on any atom is 0.239 e. The van der Waals surface area contributed by atoms with Gasteiger partial charge in [0.15, 0.2) is 0 Å². The minimum atomic E-state index is -0.0830. The van der Waals surface area contributed by atoms with Gasteiger partial charge < -0.3 is 10.6 Å². The molecule has 0 atom stereocenters. The SMILES string of the molecule is Cc1ncc(CNC(=O)CNc2ccc(C#N)cc2)s1. The van der Waals surface area contributed by atoms with E-state index in [2.05, 4.69) is 15.6 Å². The van der Waals surface area contributed by atoms with Crippen molar-refractivity contribution < 1.29 is 4.79 Å². The minimum Gasteiger partial charge on any atom is -0.376 e. The molecular formula is C14H14N4OS. The van der Waals surface area contributed by atoms with E-state index in [0.717, 1.165) is 15.6 Å². The molecule has 1 heterocycles. The van der Waals surface area contributed by atoms with E-state index in [4.69, 9.17) is 5.26 Å². The monoisotopic (exact) mass is 286 g/mol. The Hall–Kier alpha value is -2.39. The second-order valence-corrected chi connectivity index (χ2v) is 5.48. The van der Waals surface area contributed by atoms with E-state index < -0.39 is 0 Å². The number of carbonyl (C=O) groups excluding carboxylic acids is 1. The number of nitriles is 1. The average molecular weight is 286 g/mol. The number of nitrogens with zero attached hydrogens (tertiary/aromatic N) is 2. The second-order valence-electron chi connectivity index (χ2n) is 4.17. The maximum absolute atomic E-state index is 11.7. The van der Waals surface area contributed by atoms with Crippen molar-refractivity contribution in [3.05, 3.63) is 45.9 Å². The lowest BCUT2D eigenvalue weighted by Gasteiger charge is -2.06. The van der Waals surface area contributed by atoms with Crippen molar-refractivity contribution in [1.82, 2.24) is 10.3 Å². The molecule has 0 aliphatic heterocycles. The summed E-state index contributed by atoms with van der Waals surface area (Å²) in [7, 11) is 0. The molecule has 5 nitrogen and oxygen atoms in total. The van der Waals surface area contributed by atoms with Gasteiger partial charge in [0.2, 0.25) is 5.91 Å². The van der Waals surface area contributed by atoms with Crippen LogP contribution in [0.3, 0.4) is 0 Å². The molecule has 0 fully saturated rings. The fourth-order valence-corrected chi connectivity index (χ4v) is 2.31. The molecule has 0 radical (unpaired) electrons. The van der Waals surface area contributed by atoms with Crippen LogP contribution in [0, 0.1) is 18.3 Å². The number of anilines is 1. The van der Waals surface area contributed by atoms with Crippen LogP contribution in [-0.4, -0.2) is 17.4 Å². The molecule has 0 saturated carbocycles. The summed E-state index contributed by atoms with van der Waals surface area (Å²) in [6.07, 6.45) is 1.77. The molecule has 0 bridgehead atoms. The molecule has 0 saturated heterocycles. The Morgan fingerprint density at radius 1 is 1.40 bits per heavy atom. The van der Waals surface area contributed by atoms with Gasteiger partial charge in [-0.25, -0.2) is 4.98 Å². The highest BCUT2D eigenvalue weighted by molar-refractivity contribution is 7.11. The Morgan fingerprint density at radius 3 is 2.75 bits per heavy atom. The van der Waals surface area contributed by atoms with Gasteiger partial charge in [0, 0.05) is 16.8 Å².